The second-order valence-electron chi connectivity index (χ2n) is 7.63. The Balaban J connectivity index is 0.000000403. The van der Waals surface area contributed by atoms with Gasteiger partial charge in [0.15, 0.2) is 5.69 Å². The van der Waals surface area contributed by atoms with E-state index in [0.29, 0.717) is 24.8 Å². The van der Waals surface area contributed by atoms with Gasteiger partial charge in [0.2, 0.25) is 0 Å². The van der Waals surface area contributed by atoms with E-state index < -0.39 is 30.2 Å². The largest absolute Gasteiger partial charge is 2.00 e. The Morgan fingerprint density at radius 3 is 2.66 bits per heavy atom. The predicted octanol–water partition coefficient (Wildman–Crippen LogP) is 1.88. The number of amides is 1. The first kappa shape index (κ1) is 30.8. The number of nitrogen functional groups attached to an aromatic ring is 1. The Morgan fingerprint density at radius 1 is 1.26 bits per heavy atom. The second kappa shape index (κ2) is 13.8. The summed E-state index contributed by atoms with van der Waals surface area (Å²) in [5, 5.41) is 26.6. The van der Waals surface area contributed by atoms with Crippen LogP contribution in [-0.2, 0) is 42.4 Å². The number of carbonyl (C=O) groups is 1. The van der Waals surface area contributed by atoms with Crippen LogP contribution in [0, 0.1) is 7.43 Å². The maximum Gasteiger partial charge on any atom is 2.00 e. The van der Waals surface area contributed by atoms with Crippen molar-refractivity contribution in [1.82, 2.24) is 15.3 Å². The number of carbonyl (C=O) groups excluding carboxylic acids is 1. The molecule has 1 aromatic heterocycles. The number of benzene rings is 1. The van der Waals surface area contributed by atoms with Gasteiger partial charge in [0.25, 0.3) is 5.91 Å². The molecule has 3 heterocycles. The molecule has 5 N–H and O–H groups in total. The number of rotatable bonds is 3. The van der Waals surface area contributed by atoms with Gasteiger partial charge in [0.05, 0.1) is 18.5 Å². The molecule has 0 saturated carbocycles. The quantitative estimate of drug-likeness (QED) is 0.440. The van der Waals surface area contributed by atoms with E-state index >= 15 is 0 Å². The van der Waals surface area contributed by atoms with Gasteiger partial charge in [-0.25, -0.2) is 4.98 Å². The van der Waals surface area contributed by atoms with E-state index in [1.54, 1.807) is 6.07 Å². The van der Waals surface area contributed by atoms with E-state index in [4.69, 9.17) is 10.5 Å². The fourth-order valence-corrected chi connectivity index (χ4v) is 3.40. The first-order valence-electron chi connectivity index (χ1n) is 10.3. The van der Waals surface area contributed by atoms with Gasteiger partial charge in [-0.05, 0) is 30.5 Å². The number of hydrogen-bond donors (Lipinski definition) is 4. The average molecular weight is 534 g/mol. The van der Waals surface area contributed by atoms with Crippen molar-refractivity contribution in [3.05, 3.63) is 65.7 Å². The van der Waals surface area contributed by atoms with Gasteiger partial charge in [-0.3, -0.25) is 9.78 Å². The van der Waals surface area contributed by atoms with Crippen molar-refractivity contribution in [3.63, 3.8) is 0 Å². The number of anilines is 1. The number of aliphatic hydroxyl groups is 2. The molecule has 1 radical (unpaired) electrons. The van der Waals surface area contributed by atoms with Gasteiger partial charge >= 0.3 is 24.7 Å². The number of nitrogens with two attached hydrogens (primary N) is 1. The molecule has 1 aromatic carbocycles. The molecule has 0 aliphatic carbocycles. The number of aliphatic hydroxyl groups excluding tert-OH is 2. The van der Waals surface area contributed by atoms with E-state index in [-0.39, 0.29) is 44.3 Å². The third-order valence-electron chi connectivity index (χ3n) is 5.22. The molecule has 0 spiro atoms. The molecule has 2 aromatic rings. The number of halogens is 3. The van der Waals surface area contributed by atoms with Gasteiger partial charge in [-0.15, -0.1) is 13.1 Å². The Kier molecular flexibility index (Phi) is 12.1. The Morgan fingerprint density at radius 2 is 2.00 bits per heavy atom. The zero-order valence-corrected chi connectivity index (χ0v) is 20.5. The molecule has 13 heteroatoms. The van der Waals surface area contributed by atoms with Crippen LogP contribution in [0.25, 0.3) is 5.32 Å². The maximum atomic E-state index is 12.2. The summed E-state index contributed by atoms with van der Waals surface area (Å²) in [6.45, 7) is 2.10. The third-order valence-corrected chi connectivity index (χ3v) is 5.22. The molecule has 9 nitrogen and oxygen atoms in total. The molecule has 191 valence electrons. The molecular weight excluding hydrogens is 506 g/mol. The van der Waals surface area contributed by atoms with Crippen molar-refractivity contribution >= 4 is 11.7 Å². The number of alkyl halides is 3. The number of hydrogen-bond acceptors (Lipinski definition) is 7. The maximum absolute atomic E-state index is 12.2. The molecule has 1 amide bonds. The molecule has 3 unspecified atom stereocenters. The van der Waals surface area contributed by atoms with Crippen LogP contribution < -0.4 is 11.1 Å². The molecule has 2 aliphatic heterocycles. The minimum atomic E-state index is -4.47. The van der Waals surface area contributed by atoms with Crippen molar-refractivity contribution in [2.24, 2.45) is 0 Å². The smallest absolute Gasteiger partial charge is 0.658 e. The molecule has 2 aliphatic rings. The SMILES string of the molecule is Nc1cncc(C(F)(F)F)n1.O=C(NCC1OCCC(O)C1O)c1ccc2c(c1)CC[N-]C2.[CH3-].[V+2]. The molecule has 3 atom stereocenters. The van der Waals surface area contributed by atoms with Crippen molar-refractivity contribution in [2.75, 3.05) is 25.4 Å². The first-order chi connectivity index (χ1) is 15.6. The summed E-state index contributed by atoms with van der Waals surface area (Å²) in [6, 6.07) is 5.65. The summed E-state index contributed by atoms with van der Waals surface area (Å²) in [5.74, 6) is -0.430. The predicted molar refractivity (Wildman–Crippen MR) is 119 cm³/mol. The fraction of sp³-hybridized carbons (Fsp3) is 0.455. The van der Waals surface area contributed by atoms with Crippen LogP contribution in [0.15, 0.2) is 30.6 Å². The summed E-state index contributed by atoms with van der Waals surface area (Å²) in [6.07, 6.45) is -3.82. The van der Waals surface area contributed by atoms with Crippen LogP contribution in [-0.4, -0.2) is 64.1 Å². The first-order valence-corrected chi connectivity index (χ1v) is 10.3. The summed E-state index contributed by atoms with van der Waals surface area (Å²) in [4.78, 5) is 18.5. The molecule has 4 rings (SSSR count). The molecule has 1 saturated heterocycles. The van der Waals surface area contributed by atoms with E-state index in [9.17, 15) is 28.2 Å². The van der Waals surface area contributed by atoms with Gasteiger partial charge < -0.3 is 38.7 Å². The van der Waals surface area contributed by atoms with Crippen molar-refractivity contribution < 1.29 is 51.5 Å². The van der Waals surface area contributed by atoms with E-state index in [1.807, 2.05) is 12.1 Å². The van der Waals surface area contributed by atoms with Crippen LogP contribution in [0.3, 0.4) is 0 Å². The van der Waals surface area contributed by atoms with Gasteiger partial charge in [-0.2, -0.15) is 13.2 Å². The standard InChI is InChI=1S/C16H21N2O4.C5H4F3N3.CH3.V/c19-13-4-6-22-14(15(13)20)9-18-16(21)11-1-2-12-8-17-5-3-10(12)7-11;6-5(7,8)3-1-10-2-4(9)11-3;;/h1-2,7,13-15,19-20H,3-6,8-9H2,(H,18,21);1-2H,(H2,9,11);1H3;/q-1;;-1;+2. The van der Waals surface area contributed by atoms with E-state index in [2.05, 4.69) is 20.6 Å². The monoisotopic (exact) mass is 534 g/mol. The normalized spacial score (nSPS) is 21.2. The van der Waals surface area contributed by atoms with Gasteiger partial charge in [0, 0.05) is 18.7 Å². The zero-order valence-electron chi connectivity index (χ0n) is 19.1. The summed E-state index contributed by atoms with van der Waals surface area (Å²) in [5.41, 5.74) is 6.86. The minimum absolute atomic E-state index is 0. The number of fused-ring (bicyclic) bond motifs is 1. The number of aromatic nitrogens is 2. The Bertz CT molecular complexity index is 967. The second-order valence-corrected chi connectivity index (χ2v) is 7.63. The van der Waals surface area contributed by atoms with Crippen LogP contribution in [0.1, 0.15) is 33.6 Å². The van der Waals surface area contributed by atoms with Crippen molar-refractivity contribution in [2.45, 2.75) is 43.9 Å². The van der Waals surface area contributed by atoms with Gasteiger partial charge in [-0.1, -0.05) is 11.6 Å². The van der Waals surface area contributed by atoms with Crippen LogP contribution >= 0.6 is 0 Å². The van der Waals surface area contributed by atoms with Crippen LogP contribution in [0.5, 0.6) is 0 Å². The summed E-state index contributed by atoms with van der Waals surface area (Å²) >= 11 is 0. The van der Waals surface area contributed by atoms with Crippen LogP contribution in [0.2, 0.25) is 0 Å². The Hall–Kier alpha value is -2.22. The van der Waals surface area contributed by atoms with Crippen molar-refractivity contribution in [3.8, 4) is 0 Å². The van der Waals surface area contributed by atoms with Crippen LogP contribution in [0.4, 0.5) is 19.0 Å². The Labute approximate surface area is 213 Å². The van der Waals surface area contributed by atoms with Gasteiger partial charge in [0.1, 0.15) is 18.0 Å². The average Bonchev–Trinajstić information content (AvgIpc) is 2.79. The van der Waals surface area contributed by atoms with E-state index in [0.717, 1.165) is 25.7 Å². The third kappa shape index (κ3) is 8.74. The number of ether oxygens (including phenoxy) is 1. The summed E-state index contributed by atoms with van der Waals surface area (Å²) < 4.78 is 40.8. The summed E-state index contributed by atoms with van der Waals surface area (Å²) in [7, 11) is 0. The molecule has 0 bridgehead atoms. The minimum Gasteiger partial charge on any atom is -0.658 e. The van der Waals surface area contributed by atoms with Crippen molar-refractivity contribution in [1.29, 1.82) is 0 Å². The van der Waals surface area contributed by atoms with E-state index in [1.165, 1.54) is 11.1 Å². The number of nitrogens with one attached hydrogen (secondary N) is 1. The molecule has 35 heavy (non-hydrogen) atoms. The zero-order chi connectivity index (χ0) is 24.0. The topological polar surface area (TPSA) is 145 Å². The number of nitrogens with zero attached hydrogens (tertiary/aromatic N) is 3. The molecule has 1 fully saturated rings. The molecular formula is C22H28F3N5O4V. The fourth-order valence-electron chi connectivity index (χ4n) is 3.40.